The van der Waals surface area contributed by atoms with E-state index in [1.54, 1.807) is 24.4 Å². The maximum Gasteiger partial charge on any atom is 0.171 e. The highest BCUT2D eigenvalue weighted by Gasteiger charge is 2.56. The molecule has 4 nitrogen and oxygen atoms in total. The number of benzene rings is 1. The van der Waals surface area contributed by atoms with Crippen molar-refractivity contribution >= 4 is 5.78 Å². The summed E-state index contributed by atoms with van der Waals surface area (Å²) in [6.07, 6.45) is 4.98. The Morgan fingerprint density at radius 3 is 2.84 bits per heavy atom. The Kier molecular flexibility index (Phi) is 3.69. The second-order valence-corrected chi connectivity index (χ2v) is 7.47. The van der Waals surface area contributed by atoms with Gasteiger partial charge in [0.2, 0.25) is 0 Å². The number of carbonyl (C=O) groups is 1. The smallest absolute Gasteiger partial charge is 0.171 e. The van der Waals surface area contributed by atoms with Crippen LogP contribution >= 0.6 is 0 Å². The normalized spacial score (nSPS) is 31.3. The van der Waals surface area contributed by atoms with E-state index in [9.17, 15) is 15.0 Å². The Morgan fingerprint density at radius 2 is 2.12 bits per heavy atom. The van der Waals surface area contributed by atoms with Crippen LogP contribution in [0.25, 0.3) is 0 Å². The van der Waals surface area contributed by atoms with Gasteiger partial charge in [-0.2, -0.15) is 0 Å². The van der Waals surface area contributed by atoms with Crippen molar-refractivity contribution in [2.24, 2.45) is 5.92 Å². The molecule has 2 N–H and O–H groups in total. The summed E-state index contributed by atoms with van der Waals surface area (Å²) < 4.78 is 0. The van der Waals surface area contributed by atoms with E-state index >= 15 is 0 Å². The topological polar surface area (TPSA) is 70.4 Å². The molecule has 1 heterocycles. The number of hydrogen-bond donors (Lipinski definition) is 2. The minimum atomic E-state index is -1.49. The van der Waals surface area contributed by atoms with E-state index in [1.807, 2.05) is 18.2 Å². The van der Waals surface area contributed by atoms with E-state index in [2.05, 4.69) is 11.9 Å². The van der Waals surface area contributed by atoms with Crippen LogP contribution in [0.1, 0.15) is 49.4 Å². The van der Waals surface area contributed by atoms with Gasteiger partial charge in [-0.1, -0.05) is 19.1 Å². The quantitative estimate of drug-likeness (QED) is 0.882. The number of carbonyl (C=O) groups excluding carboxylic acids is 1. The summed E-state index contributed by atoms with van der Waals surface area (Å²) >= 11 is 0. The predicted molar refractivity (Wildman–Crippen MR) is 94.3 cm³/mol. The zero-order valence-corrected chi connectivity index (χ0v) is 14.4. The number of aromatic nitrogens is 1. The van der Waals surface area contributed by atoms with Crippen molar-refractivity contribution in [3.63, 3.8) is 0 Å². The second kappa shape index (κ2) is 5.67. The molecule has 1 aromatic carbocycles. The van der Waals surface area contributed by atoms with Crippen LogP contribution in [0.3, 0.4) is 0 Å². The minimum Gasteiger partial charge on any atom is -0.508 e. The Morgan fingerprint density at radius 1 is 1.28 bits per heavy atom. The van der Waals surface area contributed by atoms with Crippen LogP contribution in [-0.4, -0.2) is 21.0 Å². The van der Waals surface area contributed by atoms with Gasteiger partial charge in [0.15, 0.2) is 11.4 Å². The van der Waals surface area contributed by atoms with E-state index < -0.39 is 5.60 Å². The van der Waals surface area contributed by atoms with E-state index in [4.69, 9.17) is 0 Å². The first-order valence-electron chi connectivity index (χ1n) is 8.99. The van der Waals surface area contributed by atoms with Gasteiger partial charge in [-0.25, -0.2) is 0 Å². The highest BCUT2D eigenvalue weighted by molar-refractivity contribution is 5.90. The van der Waals surface area contributed by atoms with Crippen molar-refractivity contribution in [2.45, 2.75) is 50.0 Å². The van der Waals surface area contributed by atoms with Crippen LogP contribution in [0, 0.1) is 5.92 Å². The number of phenolic OH excluding ortho intramolecular Hbond substituents is 1. The number of nitrogens with zero attached hydrogens (tertiary/aromatic N) is 1. The van der Waals surface area contributed by atoms with Crippen molar-refractivity contribution in [1.29, 1.82) is 0 Å². The zero-order chi connectivity index (χ0) is 17.7. The molecule has 0 radical (unpaired) electrons. The number of aromatic hydroxyl groups is 1. The highest BCUT2D eigenvalue weighted by Crippen LogP contribution is 2.55. The number of hydrogen-bond acceptors (Lipinski definition) is 4. The second-order valence-electron chi connectivity index (χ2n) is 7.47. The molecule has 0 bridgehead atoms. The maximum atomic E-state index is 13.1. The Balaban J connectivity index is 1.79. The van der Waals surface area contributed by atoms with E-state index in [1.165, 1.54) is 5.56 Å². The number of ketones is 1. The molecule has 1 saturated carbocycles. The van der Waals surface area contributed by atoms with Gasteiger partial charge in [0.05, 0.1) is 5.69 Å². The molecule has 4 heteroatoms. The average molecular weight is 337 g/mol. The molecule has 2 aliphatic rings. The first-order chi connectivity index (χ1) is 12.0. The number of fused-ring (bicyclic) bond motifs is 3. The van der Waals surface area contributed by atoms with Crippen LogP contribution in [0.2, 0.25) is 0 Å². The number of aliphatic hydroxyl groups is 1. The Bertz CT molecular complexity index is 819. The molecule has 2 aromatic rings. The first kappa shape index (κ1) is 16.3. The fourth-order valence-corrected chi connectivity index (χ4v) is 5.00. The summed E-state index contributed by atoms with van der Waals surface area (Å²) in [5.74, 6) is 0.347. The van der Waals surface area contributed by atoms with Crippen LogP contribution in [0.4, 0.5) is 0 Å². The Hall–Kier alpha value is -2.20. The van der Waals surface area contributed by atoms with Gasteiger partial charge < -0.3 is 10.2 Å². The SMILES string of the molecule is CCC12CC(=O)C(O)(c3ccccn3)C[C@H]1CCc1cc(O)ccc12. The molecule has 1 aromatic heterocycles. The third kappa shape index (κ3) is 2.31. The lowest BCUT2D eigenvalue weighted by molar-refractivity contribution is -0.151. The average Bonchev–Trinajstić information content (AvgIpc) is 2.63. The predicted octanol–water partition coefficient (Wildman–Crippen LogP) is 3.25. The third-order valence-corrected chi connectivity index (χ3v) is 6.37. The fourth-order valence-electron chi connectivity index (χ4n) is 5.00. The molecule has 2 aliphatic carbocycles. The van der Waals surface area contributed by atoms with Crippen molar-refractivity contribution in [2.75, 3.05) is 0 Å². The molecule has 0 aliphatic heterocycles. The number of pyridine rings is 1. The first-order valence-corrected chi connectivity index (χ1v) is 8.99. The molecule has 2 unspecified atom stereocenters. The van der Waals surface area contributed by atoms with Gasteiger partial charge in [0.1, 0.15) is 5.75 Å². The number of Topliss-reactive ketones (excluding diaryl/α,β-unsaturated/α-hetero) is 1. The van der Waals surface area contributed by atoms with E-state index in [0.717, 1.165) is 24.8 Å². The van der Waals surface area contributed by atoms with Crippen LogP contribution in [-0.2, 0) is 22.2 Å². The lowest BCUT2D eigenvalue weighted by Gasteiger charge is -2.51. The Labute approximate surface area is 147 Å². The molecule has 3 atom stereocenters. The van der Waals surface area contributed by atoms with Gasteiger partial charge >= 0.3 is 0 Å². The molecule has 25 heavy (non-hydrogen) atoms. The molecule has 0 spiro atoms. The summed E-state index contributed by atoms with van der Waals surface area (Å²) in [4.78, 5) is 17.3. The van der Waals surface area contributed by atoms with Gasteiger partial charge in [-0.3, -0.25) is 9.78 Å². The van der Waals surface area contributed by atoms with Crippen LogP contribution < -0.4 is 0 Å². The molecular formula is C21H23NO3. The molecule has 130 valence electrons. The summed E-state index contributed by atoms with van der Waals surface area (Å²) in [6.45, 7) is 2.12. The lowest BCUT2D eigenvalue weighted by atomic mass is 9.52. The zero-order valence-electron chi connectivity index (χ0n) is 14.4. The maximum absolute atomic E-state index is 13.1. The molecular weight excluding hydrogens is 314 g/mol. The fraction of sp³-hybridized carbons (Fsp3) is 0.429. The van der Waals surface area contributed by atoms with Gasteiger partial charge in [-0.05, 0) is 67.0 Å². The van der Waals surface area contributed by atoms with Crippen LogP contribution in [0.15, 0.2) is 42.6 Å². The molecule has 1 fully saturated rings. The van der Waals surface area contributed by atoms with Crippen molar-refractivity contribution in [3.05, 3.63) is 59.4 Å². The van der Waals surface area contributed by atoms with Crippen molar-refractivity contribution in [1.82, 2.24) is 4.98 Å². The van der Waals surface area contributed by atoms with Gasteiger partial charge in [0.25, 0.3) is 0 Å². The minimum absolute atomic E-state index is 0.148. The standard InChI is InChI=1S/C21H23NO3/c1-2-20-13-19(24)21(25,18-5-3-4-10-22-18)12-15(20)7-6-14-11-16(23)8-9-17(14)20/h3-5,8-11,15,23,25H,2,6-7,12-13H2,1H3/t15-,20?,21?/m1/s1. The molecule has 0 saturated heterocycles. The van der Waals surface area contributed by atoms with E-state index in [-0.39, 0.29) is 22.9 Å². The summed E-state index contributed by atoms with van der Waals surface area (Å²) in [7, 11) is 0. The summed E-state index contributed by atoms with van der Waals surface area (Å²) in [6, 6.07) is 10.9. The largest absolute Gasteiger partial charge is 0.508 e. The number of aryl methyl sites for hydroxylation is 1. The van der Waals surface area contributed by atoms with Crippen molar-refractivity contribution in [3.8, 4) is 5.75 Å². The van der Waals surface area contributed by atoms with Crippen LogP contribution in [0.5, 0.6) is 5.75 Å². The highest BCUT2D eigenvalue weighted by atomic mass is 16.3. The van der Waals surface area contributed by atoms with Crippen molar-refractivity contribution < 1.29 is 15.0 Å². The summed E-state index contributed by atoms with van der Waals surface area (Å²) in [5, 5.41) is 21.0. The summed E-state index contributed by atoms with van der Waals surface area (Å²) in [5.41, 5.74) is 1.02. The monoisotopic (exact) mass is 337 g/mol. The van der Waals surface area contributed by atoms with Gasteiger partial charge in [-0.15, -0.1) is 0 Å². The van der Waals surface area contributed by atoms with E-state index in [0.29, 0.717) is 18.5 Å². The number of rotatable bonds is 2. The lowest BCUT2D eigenvalue weighted by Crippen LogP contribution is -2.54. The third-order valence-electron chi connectivity index (χ3n) is 6.37. The molecule has 4 rings (SSSR count). The van der Waals surface area contributed by atoms with Gasteiger partial charge in [0, 0.05) is 18.0 Å². The number of phenols is 1. The molecule has 0 amide bonds.